The summed E-state index contributed by atoms with van der Waals surface area (Å²) in [7, 11) is 4.06. The van der Waals surface area contributed by atoms with Crippen molar-refractivity contribution in [2.45, 2.75) is 0 Å². The van der Waals surface area contributed by atoms with Gasteiger partial charge >= 0.3 is 0 Å². The van der Waals surface area contributed by atoms with Gasteiger partial charge in [0.2, 0.25) is 0 Å². The van der Waals surface area contributed by atoms with Crippen LogP contribution in [0.25, 0.3) is 5.69 Å². The number of rotatable bonds is 5. The maximum absolute atomic E-state index is 5.25. The minimum atomic E-state index is 0.445. The maximum atomic E-state index is 5.25. The molecule has 1 heterocycles. The highest BCUT2D eigenvalue weighted by molar-refractivity contribution is 7.80. The number of para-hydroxylation sites is 1. The molecule has 6 heteroatoms. The molecule has 0 fully saturated rings. The Kier molecular flexibility index (Phi) is 5.66. The number of anilines is 2. The van der Waals surface area contributed by atoms with Gasteiger partial charge in [0.05, 0.1) is 11.9 Å². The summed E-state index contributed by atoms with van der Waals surface area (Å²) in [5.74, 6) is 0. The molecule has 0 aliphatic carbocycles. The molecule has 3 aromatic rings. The Bertz CT molecular complexity index is 882. The zero-order chi connectivity index (χ0) is 18.4. The highest BCUT2D eigenvalue weighted by Gasteiger charge is 2.02. The van der Waals surface area contributed by atoms with E-state index in [1.54, 1.807) is 6.21 Å². The highest BCUT2D eigenvalue weighted by atomic mass is 32.1. The fourth-order valence-electron chi connectivity index (χ4n) is 2.48. The summed E-state index contributed by atoms with van der Waals surface area (Å²) < 4.78 is 2.07. The Morgan fingerprint density at radius 3 is 2.42 bits per heavy atom. The fourth-order valence-corrected chi connectivity index (χ4v) is 2.65. The van der Waals surface area contributed by atoms with Gasteiger partial charge in [0, 0.05) is 37.4 Å². The number of nitrogens with one attached hydrogen (secondary N) is 2. The molecule has 2 aromatic carbocycles. The lowest BCUT2D eigenvalue weighted by atomic mass is 10.2. The Labute approximate surface area is 159 Å². The molecule has 132 valence electrons. The highest BCUT2D eigenvalue weighted by Crippen LogP contribution is 2.17. The summed E-state index contributed by atoms with van der Waals surface area (Å²) in [4.78, 5) is 2.08. The molecule has 0 saturated heterocycles. The summed E-state index contributed by atoms with van der Waals surface area (Å²) in [6.45, 7) is 0. The molecule has 26 heavy (non-hydrogen) atoms. The molecule has 0 unspecified atom stereocenters. The van der Waals surface area contributed by atoms with E-state index in [-0.39, 0.29) is 0 Å². The molecular weight excluding hydrogens is 342 g/mol. The number of thiocarbonyl (C=S) groups is 1. The lowest BCUT2D eigenvalue weighted by Crippen LogP contribution is -2.23. The molecule has 0 amide bonds. The molecule has 0 saturated carbocycles. The zero-order valence-corrected chi connectivity index (χ0v) is 15.6. The predicted octanol–water partition coefficient (Wildman–Crippen LogP) is 3.86. The van der Waals surface area contributed by atoms with E-state index in [0.717, 1.165) is 22.8 Å². The number of hydrogen-bond acceptors (Lipinski definition) is 3. The molecular formula is C20H21N5S. The first-order valence-electron chi connectivity index (χ1n) is 8.24. The Hall–Kier alpha value is -3.12. The lowest BCUT2D eigenvalue weighted by Gasteiger charge is -2.13. The molecule has 1 aromatic heterocycles. The van der Waals surface area contributed by atoms with E-state index in [4.69, 9.17) is 12.2 Å². The Morgan fingerprint density at radius 2 is 1.73 bits per heavy atom. The molecule has 0 aliphatic rings. The average Bonchev–Trinajstić information content (AvgIpc) is 3.11. The third kappa shape index (κ3) is 4.49. The first kappa shape index (κ1) is 17.7. The van der Waals surface area contributed by atoms with Crippen LogP contribution in [0.4, 0.5) is 11.4 Å². The quantitative estimate of drug-likeness (QED) is 0.410. The van der Waals surface area contributed by atoms with E-state index in [2.05, 4.69) is 49.6 Å². The molecule has 0 spiro atoms. The second kappa shape index (κ2) is 8.31. The molecule has 3 rings (SSSR count). The summed E-state index contributed by atoms with van der Waals surface area (Å²) in [6.07, 6.45) is 3.76. The van der Waals surface area contributed by atoms with Gasteiger partial charge in [-0.2, -0.15) is 5.10 Å². The van der Waals surface area contributed by atoms with Gasteiger partial charge in [-0.3, -0.25) is 5.43 Å². The minimum Gasteiger partial charge on any atom is -0.378 e. The van der Waals surface area contributed by atoms with Crippen molar-refractivity contribution >= 4 is 34.9 Å². The molecule has 2 N–H and O–H groups in total. The fraction of sp³-hybridized carbons (Fsp3) is 0.100. The lowest BCUT2D eigenvalue weighted by molar-refractivity contribution is 1.03. The van der Waals surface area contributed by atoms with Gasteiger partial charge in [-0.1, -0.05) is 18.2 Å². The summed E-state index contributed by atoms with van der Waals surface area (Å²) in [5.41, 5.74) is 6.96. The van der Waals surface area contributed by atoms with E-state index in [9.17, 15) is 0 Å². The van der Waals surface area contributed by atoms with Crippen LogP contribution in [0.5, 0.6) is 0 Å². The predicted molar refractivity (Wildman–Crippen MR) is 113 cm³/mol. The SMILES string of the molecule is CN(C)c1ccc(-n2cccc2C=NNC(=S)Nc2ccccc2)cc1. The second-order valence-electron chi connectivity index (χ2n) is 5.90. The molecule has 5 nitrogen and oxygen atoms in total. The second-order valence-corrected chi connectivity index (χ2v) is 6.31. The summed E-state index contributed by atoms with van der Waals surface area (Å²) >= 11 is 5.25. The van der Waals surface area contributed by atoms with Crippen molar-refractivity contribution in [3.63, 3.8) is 0 Å². The van der Waals surface area contributed by atoms with Gasteiger partial charge in [-0.25, -0.2) is 0 Å². The zero-order valence-electron chi connectivity index (χ0n) is 14.8. The third-order valence-corrected chi connectivity index (χ3v) is 4.01. The molecule has 0 aliphatic heterocycles. The van der Waals surface area contributed by atoms with Crippen molar-refractivity contribution in [2.75, 3.05) is 24.3 Å². The number of hydrogen-bond donors (Lipinski definition) is 2. The Morgan fingerprint density at radius 1 is 1.00 bits per heavy atom. The number of hydrazone groups is 1. The molecule has 0 radical (unpaired) electrons. The Balaban J connectivity index is 1.65. The van der Waals surface area contributed by atoms with Gasteiger partial charge in [-0.15, -0.1) is 0 Å². The van der Waals surface area contributed by atoms with Gasteiger partial charge < -0.3 is 14.8 Å². The van der Waals surface area contributed by atoms with Crippen LogP contribution in [0, 0.1) is 0 Å². The van der Waals surface area contributed by atoms with E-state index >= 15 is 0 Å². The van der Waals surface area contributed by atoms with Crippen molar-refractivity contribution in [3.05, 3.63) is 78.6 Å². The van der Waals surface area contributed by atoms with Crippen LogP contribution in [0.15, 0.2) is 78.0 Å². The number of benzene rings is 2. The van der Waals surface area contributed by atoms with E-state index in [1.165, 1.54) is 0 Å². The van der Waals surface area contributed by atoms with Crippen molar-refractivity contribution < 1.29 is 0 Å². The smallest absolute Gasteiger partial charge is 0.191 e. The number of nitrogens with zero attached hydrogens (tertiary/aromatic N) is 3. The van der Waals surface area contributed by atoms with Crippen molar-refractivity contribution in [2.24, 2.45) is 5.10 Å². The van der Waals surface area contributed by atoms with Crippen LogP contribution < -0.4 is 15.6 Å². The topological polar surface area (TPSA) is 44.6 Å². The van der Waals surface area contributed by atoms with Crippen molar-refractivity contribution in [3.8, 4) is 5.69 Å². The molecule has 0 atom stereocenters. The van der Waals surface area contributed by atoms with Crippen LogP contribution in [-0.4, -0.2) is 30.0 Å². The summed E-state index contributed by atoms with van der Waals surface area (Å²) in [6, 6.07) is 22.1. The van der Waals surface area contributed by atoms with Crippen LogP contribution in [-0.2, 0) is 0 Å². The first-order valence-corrected chi connectivity index (χ1v) is 8.64. The van der Waals surface area contributed by atoms with E-state index in [1.807, 2.05) is 62.8 Å². The first-order chi connectivity index (χ1) is 12.6. The minimum absolute atomic E-state index is 0.445. The molecule has 0 bridgehead atoms. The van der Waals surface area contributed by atoms with Crippen LogP contribution in [0.3, 0.4) is 0 Å². The average molecular weight is 363 g/mol. The van der Waals surface area contributed by atoms with Crippen LogP contribution in [0.1, 0.15) is 5.69 Å². The van der Waals surface area contributed by atoms with Crippen LogP contribution in [0.2, 0.25) is 0 Å². The third-order valence-electron chi connectivity index (χ3n) is 3.82. The normalized spacial score (nSPS) is 10.7. The number of aromatic nitrogens is 1. The van der Waals surface area contributed by atoms with Gasteiger partial charge in [-0.05, 0) is 60.7 Å². The van der Waals surface area contributed by atoms with E-state index in [0.29, 0.717) is 5.11 Å². The van der Waals surface area contributed by atoms with E-state index < -0.39 is 0 Å². The van der Waals surface area contributed by atoms with Gasteiger partial charge in [0.15, 0.2) is 5.11 Å². The van der Waals surface area contributed by atoms with Gasteiger partial charge in [0.1, 0.15) is 0 Å². The van der Waals surface area contributed by atoms with Crippen LogP contribution >= 0.6 is 12.2 Å². The largest absolute Gasteiger partial charge is 0.378 e. The standard InChI is InChI=1S/C20H21N5S/c1-24(2)17-10-12-18(13-11-17)25-14-6-9-19(25)15-21-23-20(26)22-16-7-4-3-5-8-16/h3-15H,1-2H3,(H2,22,23,26). The summed E-state index contributed by atoms with van der Waals surface area (Å²) in [5, 5.41) is 7.76. The van der Waals surface area contributed by atoms with Gasteiger partial charge in [0.25, 0.3) is 0 Å². The van der Waals surface area contributed by atoms with Crippen molar-refractivity contribution in [1.29, 1.82) is 0 Å². The van der Waals surface area contributed by atoms with Crippen molar-refractivity contribution in [1.82, 2.24) is 9.99 Å². The maximum Gasteiger partial charge on any atom is 0.191 e. The monoisotopic (exact) mass is 363 g/mol.